The van der Waals surface area contributed by atoms with Crippen LogP contribution in [0.15, 0.2) is 65.3 Å². The van der Waals surface area contributed by atoms with Gasteiger partial charge in [0, 0.05) is 17.1 Å². The van der Waals surface area contributed by atoms with Crippen LogP contribution in [0, 0.1) is 0 Å². The van der Waals surface area contributed by atoms with Gasteiger partial charge in [0.25, 0.3) is 0 Å². The Bertz CT molecular complexity index is 876. The van der Waals surface area contributed by atoms with Crippen molar-refractivity contribution in [1.29, 1.82) is 0 Å². The predicted octanol–water partition coefficient (Wildman–Crippen LogP) is 7.01. The molecule has 0 aliphatic heterocycles. The van der Waals surface area contributed by atoms with Gasteiger partial charge in [0.05, 0.1) is 5.69 Å². The van der Waals surface area contributed by atoms with Gasteiger partial charge in [-0.15, -0.1) is 38.7 Å². The molecular weight excluding hydrogens is 438 g/mol. The molecule has 0 atom stereocenters. The third-order valence-electron chi connectivity index (χ3n) is 3.23. The number of rotatable bonds is 6. The summed E-state index contributed by atoms with van der Waals surface area (Å²) in [5.41, 5.74) is 2.16. The van der Waals surface area contributed by atoms with Crippen LogP contribution in [0.1, 0.15) is 13.8 Å². The molecular formula is C19H17ClF6N2O2. The smallest absolute Gasteiger partial charge is 0.406 e. The number of anilines is 1. The van der Waals surface area contributed by atoms with Crippen LogP contribution in [0.5, 0.6) is 11.5 Å². The molecule has 0 fully saturated rings. The number of hydrogen-bond acceptors (Lipinski definition) is 4. The fourth-order valence-electron chi connectivity index (χ4n) is 2.28. The van der Waals surface area contributed by atoms with Crippen molar-refractivity contribution in [2.45, 2.75) is 26.6 Å². The minimum Gasteiger partial charge on any atom is -0.406 e. The first kappa shape index (κ1) is 25.2. The Hall–Kier alpha value is -2.88. The van der Waals surface area contributed by atoms with Gasteiger partial charge in [-0.05, 0) is 68.5 Å². The third kappa shape index (κ3) is 9.55. The van der Waals surface area contributed by atoms with Crippen molar-refractivity contribution >= 4 is 29.5 Å². The maximum atomic E-state index is 12.2. The van der Waals surface area contributed by atoms with Crippen LogP contribution in [0.4, 0.5) is 37.7 Å². The van der Waals surface area contributed by atoms with Gasteiger partial charge >= 0.3 is 12.7 Å². The molecule has 1 N–H and O–H groups in total. The van der Waals surface area contributed by atoms with Gasteiger partial charge in [-0.3, -0.25) is 4.99 Å². The van der Waals surface area contributed by atoms with Crippen molar-refractivity contribution in [3.63, 3.8) is 0 Å². The van der Waals surface area contributed by atoms with E-state index in [0.717, 1.165) is 12.1 Å². The van der Waals surface area contributed by atoms with Crippen molar-refractivity contribution in [2.24, 2.45) is 4.99 Å². The maximum absolute atomic E-state index is 12.2. The highest BCUT2D eigenvalue weighted by Gasteiger charge is 2.31. The van der Waals surface area contributed by atoms with Gasteiger partial charge in [0.2, 0.25) is 0 Å². The van der Waals surface area contributed by atoms with Gasteiger partial charge in [-0.2, -0.15) is 0 Å². The third-order valence-corrected chi connectivity index (χ3v) is 3.23. The lowest BCUT2D eigenvalue weighted by molar-refractivity contribution is -0.275. The molecule has 0 spiro atoms. The van der Waals surface area contributed by atoms with E-state index in [1.165, 1.54) is 36.4 Å². The van der Waals surface area contributed by atoms with Gasteiger partial charge in [-0.25, -0.2) is 0 Å². The standard InChI is InChI=1S/C19H16F6N2O2.ClH/c1-12(26-14-3-7-16(8-4-14)28-18(20,21)22)11-13(2)27-15-5-9-17(10-6-15)29-19(23,24)25;/h3-11,26H,1-2H3;1H/b12-11+,27-13?;. The van der Waals surface area contributed by atoms with Crippen LogP contribution in [0.2, 0.25) is 0 Å². The minimum absolute atomic E-state index is 0. The molecule has 0 radical (unpaired) electrons. The topological polar surface area (TPSA) is 42.8 Å². The lowest BCUT2D eigenvalue weighted by Gasteiger charge is -2.10. The fourth-order valence-corrected chi connectivity index (χ4v) is 2.28. The Morgan fingerprint density at radius 3 is 1.67 bits per heavy atom. The molecule has 164 valence electrons. The molecule has 0 saturated heterocycles. The monoisotopic (exact) mass is 454 g/mol. The number of nitrogens with one attached hydrogen (secondary N) is 1. The highest BCUT2D eigenvalue weighted by Crippen LogP contribution is 2.26. The zero-order chi connectivity index (χ0) is 21.7. The normalized spacial score (nSPS) is 12.8. The largest absolute Gasteiger partial charge is 0.573 e. The van der Waals surface area contributed by atoms with Gasteiger partial charge in [0.1, 0.15) is 11.5 Å². The molecule has 4 nitrogen and oxygen atoms in total. The number of ether oxygens (including phenoxy) is 2. The molecule has 2 rings (SSSR count). The predicted molar refractivity (Wildman–Crippen MR) is 104 cm³/mol. The summed E-state index contributed by atoms with van der Waals surface area (Å²) in [5.74, 6) is -0.680. The van der Waals surface area contributed by atoms with E-state index in [-0.39, 0.29) is 23.9 Å². The van der Waals surface area contributed by atoms with E-state index >= 15 is 0 Å². The first-order valence-electron chi connectivity index (χ1n) is 8.12. The minimum atomic E-state index is -4.76. The number of allylic oxidation sites excluding steroid dienone is 2. The Morgan fingerprint density at radius 2 is 1.23 bits per heavy atom. The highest BCUT2D eigenvalue weighted by molar-refractivity contribution is 5.95. The van der Waals surface area contributed by atoms with Crippen molar-refractivity contribution < 1.29 is 35.8 Å². The molecule has 0 saturated carbocycles. The van der Waals surface area contributed by atoms with E-state index in [2.05, 4.69) is 19.8 Å². The number of aliphatic imine (C=N–C) groups is 1. The van der Waals surface area contributed by atoms with Crippen LogP contribution in [-0.4, -0.2) is 18.4 Å². The van der Waals surface area contributed by atoms with E-state index < -0.39 is 12.7 Å². The van der Waals surface area contributed by atoms with Gasteiger partial charge < -0.3 is 14.8 Å². The summed E-state index contributed by atoms with van der Waals surface area (Å²) in [7, 11) is 0. The summed E-state index contributed by atoms with van der Waals surface area (Å²) in [6.07, 6.45) is -7.85. The van der Waals surface area contributed by atoms with Gasteiger partial charge in [-0.1, -0.05) is 0 Å². The molecule has 0 unspecified atom stereocenters. The summed E-state index contributed by atoms with van der Waals surface area (Å²) in [6, 6.07) is 10.2. The second-order valence-corrected chi connectivity index (χ2v) is 5.82. The molecule has 2 aromatic carbocycles. The summed E-state index contributed by atoms with van der Waals surface area (Å²) in [5, 5.41) is 2.98. The molecule has 0 amide bonds. The van der Waals surface area contributed by atoms with Crippen LogP contribution >= 0.6 is 12.4 Å². The highest BCUT2D eigenvalue weighted by atomic mass is 35.5. The lowest BCUT2D eigenvalue weighted by atomic mass is 10.2. The van der Waals surface area contributed by atoms with Crippen LogP contribution in [-0.2, 0) is 0 Å². The number of halogens is 7. The Kier molecular flexibility index (Phi) is 8.59. The average molecular weight is 455 g/mol. The summed E-state index contributed by atoms with van der Waals surface area (Å²) in [4.78, 5) is 4.25. The average Bonchev–Trinajstić information content (AvgIpc) is 2.55. The van der Waals surface area contributed by atoms with Crippen LogP contribution < -0.4 is 14.8 Å². The van der Waals surface area contributed by atoms with E-state index in [1.807, 2.05) is 0 Å². The first-order valence-corrected chi connectivity index (χ1v) is 8.12. The van der Waals surface area contributed by atoms with Crippen molar-refractivity contribution in [3.05, 3.63) is 60.3 Å². The number of alkyl halides is 6. The molecule has 0 aromatic heterocycles. The number of nitrogens with zero attached hydrogens (tertiary/aromatic N) is 1. The fraction of sp³-hybridized carbons (Fsp3) is 0.211. The summed E-state index contributed by atoms with van der Waals surface area (Å²) in [6.45, 7) is 3.41. The Labute approximate surface area is 174 Å². The lowest BCUT2D eigenvalue weighted by Crippen LogP contribution is -2.17. The van der Waals surface area contributed by atoms with Crippen LogP contribution in [0.3, 0.4) is 0 Å². The SMILES string of the molecule is CC(/C=C(\C)Nc1ccc(OC(F)(F)F)cc1)=Nc1ccc(OC(F)(F)F)cc1.Cl. The molecule has 0 heterocycles. The summed E-state index contributed by atoms with van der Waals surface area (Å²) < 4.78 is 80.5. The quantitative estimate of drug-likeness (QED) is 0.377. The van der Waals surface area contributed by atoms with E-state index in [1.54, 1.807) is 19.9 Å². The molecule has 0 bridgehead atoms. The zero-order valence-corrected chi connectivity index (χ0v) is 16.5. The maximum Gasteiger partial charge on any atom is 0.573 e. The van der Waals surface area contributed by atoms with Crippen molar-refractivity contribution in [1.82, 2.24) is 0 Å². The Morgan fingerprint density at radius 1 is 0.800 bits per heavy atom. The van der Waals surface area contributed by atoms with E-state index in [9.17, 15) is 26.3 Å². The number of benzene rings is 2. The van der Waals surface area contributed by atoms with Crippen LogP contribution in [0.25, 0.3) is 0 Å². The zero-order valence-electron chi connectivity index (χ0n) is 15.6. The second-order valence-electron chi connectivity index (χ2n) is 5.82. The molecule has 2 aromatic rings. The van der Waals surface area contributed by atoms with Gasteiger partial charge in [0.15, 0.2) is 0 Å². The molecule has 11 heteroatoms. The second kappa shape index (κ2) is 10.2. The number of hydrogen-bond donors (Lipinski definition) is 1. The summed E-state index contributed by atoms with van der Waals surface area (Å²) >= 11 is 0. The van der Waals surface area contributed by atoms with Crippen molar-refractivity contribution in [3.8, 4) is 11.5 Å². The first-order chi connectivity index (χ1) is 13.4. The van der Waals surface area contributed by atoms with Crippen molar-refractivity contribution in [2.75, 3.05) is 5.32 Å². The molecule has 0 aliphatic carbocycles. The van der Waals surface area contributed by atoms with E-state index in [4.69, 9.17) is 0 Å². The molecule has 0 aliphatic rings. The Balaban J connectivity index is 0.00000450. The molecule has 30 heavy (non-hydrogen) atoms. The van der Waals surface area contributed by atoms with E-state index in [0.29, 0.717) is 22.8 Å².